The molecule has 2 aliphatic rings. The van der Waals surface area contributed by atoms with Crippen LogP contribution in [0.1, 0.15) is 74.6 Å². The number of anilines is 1. The number of urea groups is 1. The molecule has 1 aromatic carbocycles. The Kier molecular flexibility index (Phi) is 7.33. The van der Waals surface area contributed by atoms with E-state index in [-0.39, 0.29) is 17.8 Å². The number of carbonyl (C=O) groups excluding carboxylic acids is 1. The van der Waals surface area contributed by atoms with E-state index in [2.05, 4.69) is 10.3 Å². The summed E-state index contributed by atoms with van der Waals surface area (Å²) in [5.41, 5.74) is 3.54. The minimum atomic E-state index is -0.103. The predicted molar refractivity (Wildman–Crippen MR) is 129 cm³/mol. The topological polar surface area (TPSA) is 65.5 Å². The molecule has 0 unspecified atom stereocenters. The number of nitrogens with zero attached hydrogens (tertiary/aromatic N) is 2. The van der Waals surface area contributed by atoms with Gasteiger partial charge >= 0.3 is 6.03 Å². The highest BCUT2D eigenvalue weighted by molar-refractivity contribution is 5.91. The Labute approximate surface area is 192 Å². The lowest BCUT2D eigenvalue weighted by atomic mass is 9.72. The molecular formula is C27H37N3O2. The highest BCUT2D eigenvalue weighted by Crippen LogP contribution is 2.39. The molecule has 0 bridgehead atoms. The Bertz CT molecular complexity index is 895. The number of para-hydroxylation sites is 1. The van der Waals surface area contributed by atoms with Gasteiger partial charge in [-0.2, -0.15) is 0 Å². The van der Waals surface area contributed by atoms with Crippen LogP contribution in [0.2, 0.25) is 0 Å². The van der Waals surface area contributed by atoms with Crippen molar-refractivity contribution in [2.75, 3.05) is 5.32 Å². The Hall–Kier alpha value is -2.56. The number of aromatic hydroxyl groups is 1. The van der Waals surface area contributed by atoms with Crippen molar-refractivity contribution in [2.45, 2.75) is 84.2 Å². The van der Waals surface area contributed by atoms with E-state index >= 15 is 0 Å². The number of nitrogens with one attached hydrogen (secondary N) is 1. The summed E-state index contributed by atoms with van der Waals surface area (Å²) in [6.07, 6.45) is 13.0. The largest absolute Gasteiger partial charge is 0.506 e. The van der Waals surface area contributed by atoms with Crippen molar-refractivity contribution in [3.63, 3.8) is 0 Å². The Morgan fingerprint density at radius 2 is 1.62 bits per heavy atom. The lowest BCUT2D eigenvalue weighted by molar-refractivity contribution is 0.119. The molecule has 0 spiro atoms. The molecule has 2 amide bonds. The number of benzene rings is 1. The summed E-state index contributed by atoms with van der Waals surface area (Å²) < 4.78 is 0. The van der Waals surface area contributed by atoms with Gasteiger partial charge in [-0.3, -0.25) is 4.98 Å². The van der Waals surface area contributed by atoms with Crippen molar-refractivity contribution in [3.8, 4) is 5.75 Å². The zero-order valence-corrected chi connectivity index (χ0v) is 19.5. The summed E-state index contributed by atoms with van der Waals surface area (Å²) in [5.74, 6) is 1.83. The maximum atomic E-state index is 13.5. The van der Waals surface area contributed by atoms with Crippen LogP contribution in [0.4, 0.5) is 10.5 Å². The molecule has 5 nitrogen and oxygen atoms in total. The normalized spacial score (nSPS) is 21.8. The Morgan fingerprint density at radius 3 is 2.28 bits per heavy atom. The minimum absolute atomic E-state index is 0.103. The first kappa shape index (κ1) is 22.6. The van der Waals surface area contributed by atoms with Gasteiger partial charge in [0, 0.05) is 17.9 Å². The maximum absolute atomic E-state index is 13.5. The molecule has 4 rings (SSSR count). The molecule has 0 atom stereocenters. The number of hydrogen-bond donors (Lipinski definition) is 2. The third kappa shape index (κ3) is 5.25. The molecule has 172 valence electrons. The number of carbonyl (C=O) groups is 1. The predicted octanol–water partition coefficient (Wildman–Crippen LogP) is 6.58. The van der Waals surface area contributed by atoms with Crippen molar-refractivity contribution < 1.29 is 9.90 Å². The van der Waals surface area contributed by atoms with Crippen molar-refractivity contribution in [1.82, 2.24) is 9.88 Å². The van der Waals surface area contributed by atoms with E-state index in [0.717, 1.165) is 41.5 Å². The van der Waals surface area contributed by atoms with Gasteiger partial charge in [0.2, 0.25) is 0 Å². The molecule has 1 heterocycles. The van der Waals surface area contributed by atoms with Gasteiger partial charge in [-0.05, 0) is 74.6 Å². The van der Waals surface area contributed by atoms with E-state index < -0.39 is 0 Å². The average molecular weight is 436 g/mol. The van der Waals surface area contributed by atoms with E-state index in [4.69, 9.17) is 0 Å². The third-order valence-electron chi connectivity index (χ3n) is 7.66. The van der Waals surface area contributed by atoms with Gasteiger partial charge in [0.05, 0.1) is 6.54 Å². The number of rotatable bonds is 5. The summed E-state index contributed by atoms with van der Waals surface area (Å²) in [4.78, 5) is 19.8. The first-order valence-electron chi connectivity index (χ1n) is 12.3. The summed E-state index contributed by atoms with van der Waals surface area (Å²) in [5, 5.41) is 13.5. The molecule has 5 heteroatoms. The summed E-state index contributed by atoms with van der Waals surface area (Å²) >= 11 is 0. The lowest BCUT2D eigenvalue weighted by Crippen LogP contribution is -2.45. The van der Waals surface area contributed by atoms with Gasteiger partial charge in [0.1, 0.15) is 11.4 Å². The lowest BCUT2D eigenvalue weighted by Gasteiger charge is -2.40. The van der Waals surface area contributed by atoms with Crippen LogP contribution in [-0.2, 0) is 6.54 Å². The number of aryl methyl sites for hydroxylation is 2. The summed E-state index contributed by atoms with van der Waals surface area (Å²) in [6.45, 7) is 4.36. The quantitative estimate of drug-likeness (QED) is 0.558. The van der Waals surface area contributed by atoms with Gasteiger partial charge < -0.3 is 15.3 Å². The van der Waals surface area contributed by atoms with Gasteiger partial charge in [-0.15, -0.1) is 0 Å². The van der Waals surface area contributed by atoms with E-state index in [1.54, 1.807) is 18.3 Å². The van der Waals surface area contributed by atoms with Crippen LogP contribution in [0.3, 0.4) is 0 Å². The maximum Gasteiger partial charge on any atom is 0.322 e. The van der Waals surface area contributed by atoms with Crippen LogP contribution in [0.25, 0.3) is 0 Å². The fraction of sp³-hybridized carbons (Fsp3) is 0.556. The van der Waals surface area contributed by atoms with Gasteiger partial charge in [-0.25, -0.2) is 4.79 Å². The average Bonchev–Trinajstić information content (AvgIpc) is 2.82. The number of hydrogen-bond acceptors (Lipinski definition) is 3. The highest BCUT2D eigenvalue weighted by Gasteiger charge is 2.33. The van der Waals surface area contributed by atoms with Gasteiger partial charge in [0.15, 0.2) is 0 Å². The molecule has 1 aromatic heterocycles. The molecule has 2 aromatic rings. The number of aromatic nitrogens is 1. The molecule has 2 aliphatic carbocycles. The molecule has 0 saturated heterocycles. The smallest absolute Gasteiger partial charge is 0.322 e. The van der Waals surface area contributed by atoms with Crippen LogP contribution in [0.5, 0.6) is 5.75 Å². The first-order valence-corrected chi connectivity index (χ1v) is 12.3. The second kappa shape index (κ2) is 10.4. The Morgan fingerprint density at radius 1 is 0.969 bits per heavy atom. The second-order valence-electron chi connectivity index (χ2n) is 9.76. The molecule has 2 saturated carbocycles. The molecular weight excluding hydrogens is 398 g/mol. The van der Waals surface area contributed by atoms with Gasteiger partial charge in [0.25, 0.3) is 0 Å². The fourth-order valence-corrected chi connectivity index (χ4v) is 5.76. The second-order valence-corrected chi connectivity index (χ2v) is 9.76. The number of amides is 2. The van der Waals surface area contributed by atoms with Crippen molar-refractivity contribution in [1.29, 1.82) is 0 Å². The van der Waals surface area contributed by atoms with Crippen LogP contribution in [-0.4, -0.2) is 27.1 Å². The summed E-state index contributed by atoms with van der Waals surface area (Å²) in [7, 11) is 0. The number of pyridine rings is 1. The van der Waals surface area contributed by atoms with E-state index in [1.807, 2.05) is 36.9 Å². The van der Waals surface area contributed by atoms with Crippen molar-refractivity contribution in [2.24, 2.45) is 11.8 Å². The van der Waals surface area contributed by atoms with E-state index in [9.17, 15) is 9.90 Å². The summed E-state index contributed by atoms with van der Waals surface area (Å²) in [6, 6.07) is 9.48. The highest BCUT2D eigenvalue weighted by atomic mass is 16.3. The SMILES string of the molecule is Cc1cccc(C)c1NC(=O)N(Cc1ncccc1O)[C@H]1CC[C@@H](C2CCCCC2)CC1. The van der Waals surface area contributed by atoms with Gasteiger partial charge in [-0.1, -0.05) is 50.3 Å². The van der Waals surface area contributed by atoms with Crippen molar-refractivity contribution >= 4 is 11.7 Å². The molecule has 2 fully saturated rings. The minimum Gasteiger partial charge on any atom is -0.506 e. The fourth-order valence-electron chi connectivity index (χ4n) is 5.76. The van der Waals surface area contributed by atoms with Crippen LogP contribution in [0.15, 0.2) is 36.5 Å². The van der Waals surface area contributed by atoms with Crippen LogP contribution < -0.4 is 5.32 Å². The van der Waals surface area contributed by atoms with E-state index in [0.29, 0.717) is 12.2 Å². The molecule has 0 radical (unpaired) electrons. The standard InChI is InChI=1S/C27H37N3O2/c1-19-8-6-9-20(2)26(19)29-27(32)30(18-24-25(31)12-7-17-28-24)23-15-13-22(14-16-23)21-10-4-3-5-11-21/h6-9,12,17,21-23,31H,3-5,10-11,13-16,18H2,1-2H3,(H,29,32)/t22-,23+. The molecule has 2 N–H and O–H groups in total. The zero-order valence-electron chi connectivity index (χ0n) is 19.5. The molecule has 0 aliphatic heterocycles. The third-order valence-corrected chi connectivity index (χ3v) is 7.66. The van der Waals surface area contributed by atoms with Crippen LogP contribution >= 0.6 is 0 Å². The van der Waals surface area contributed by atoms with E-state index in [1.165, 1.54) is 44.9 Å². The van der Waals surface area contributed by atoms with Crippen LogP contribution in [0, 0.1) is 25.7 Å². The zero-order chi connectivity index (χ0) is 22.5. The molecule has 32 heavy (non-hydrogen) atoms. The first-order chi connectivity index (χ1) is 15.5. The van der Waals surface area contributed by atoms with Crippen molar-refractivity contribution in [3.05, 3.63) is 53.3 Å². The monoisotopic (exact) mass is 435 g/mol. The Balaban J connectivity index is 1.50.